The quantitative estimate of drug-likeness (QED) is 0.769. The molecule has 0 saturated carbocycles. The molecule has 28 heavy (non-hydrogen) atoms. The maximum absolute atomic E-state index is 12.9. The third kappa shape index (κ3) is 4.51. The van der Waals surface area contributed by atoms with Crippen LogP contribution in [0.2, 0.25) is 5.02 Å². The van der Waals surface area contributed by atoms with Crippen LogP contribution in [0.1, 0.15) is 13.3 Å². The zero-order chi connectivity index (χ0) is 20.3. The van der Waals surface area contributed by atoms with Crippen molar-refractivity contribution >= 4 is 38.9 Å². The summed E-state index contributed by atoms with van der Waals surface area (Å²) in [5.41, 5.74) is 0.825. The maximum atomic E-state index is 12.9. The SMILES string of the molecule is CC[C@H](C(=O)Nc1ccc2c(c1)OCCO2)N(c1cccc(Cl)c1)S(C)(=O)=O. The standard InChI is InChI=1S/C19H21ClN2O5S/c1-3-16(22(28(2,24)25)15-6-4-5-13(20)11-15)19(23)21-14-7-8-17-18(12-14)27-10-9-26-17/h4-8,11-12,16H,3,9-10H2,1-2H3,(H,21,23)/t16-/m1/s1. The van der Waals surface area contributed by atoms with Crippen LogP contribution < -0.4 is 19.1 Å². The van der Waals surface area contributed by atoms with E-state index in [1.54, 1.807) is 43.3 Å². The molecule has 0 bridgehead atoms. The molecule has 0 aliphatic carbocycles. The number of nitrogens with one attached hydrogen (secondary N) is 1. The van der Waals surface area contributed by atoms with Crippen LogP contribution in [0.15, 0.2) is 42.5 Å². The molecule has 3 rings (SSSR count). The van der Waals surface area contributed by atoms with Gasteiger partial charge in [-0.15, -0.1) is 0 Å². The Bertz CT molecular complexity index is 980. The van der Waals surface area contributed by atoms with Crippen LogP contribution in [-0.4, -0.2) is 39.8 Å². The summed E-state index contributed by atoms with van der Waals surface area (Å²) in [7, 11) is -3.73. The van der Waals surface area contributed by atoms with E-state index in [9.17, 15) is 13.2 Å². The first-order valence-electron chi connectivity index (χ1n) is 8.75. The van der Waals surface area contributed by atoms with Gasteiger partial charge in [0, 0.05) is 16.8 Å². The highest BCUT2D eigenvalue weighted by Gasteiger charge is 2.31. The third-order valence-corrected chi connectivity index (χ3v) is 5.62. The monoisotopic (exact) mass is 424 g/mol. The second kappa shape index (κ2) is 8.28. The number of ether oxygens (including phenoxy) is 2. The molecule has 1 N–H and O–H groups in total. The first kappa shape index (κ1) is 20.3. The molecule has 2 aromatic rings. The second-order valence-corrected chi connectivity index (χ2v) is 8.61. The van der Waals surface area contributed by atoms with E-state index in [1.807, 2.05) is 0 Å². The molecule has 1 amide bonds. The molecule has 0 saturated heterocycles. The highest BCUT2D eigenvalue weighted by molar-refractivity contribution is 7.92. The molecule has 0 radical (unpaired) electrons. The number of rotatable bonds is 6. The number of anilines is 2. The summed E-state index contributed by atoms with van der Waals surface area (Å²) >= 11 is 6.02. The van der Waals surface area contributed by atoms with E-state index < -0.39 is 22.0 Å². The Hall–Kier alpha value is -2.45. The molecular weight excluding hydrogens is 404 g/mol. The van der Waals surface area contributed by atoms with Crippen molar-refractivity contribution in [2.75, 3.05) is 29.1 Å². The summed E-state index contributed by atoms with van der Waals surface area (Å²) in [4.78, 5) is 12.9. The summed E-state index contributed by atoms with van der Waals surface area (Å²) in [5.74, 6) is 0.685. The number of halogens is 1. The molecule has 9 heteroatoms. The number of amides is 1. The van der Waals surface area contributed by atoms with Crippen LogP contribution in [-0.2, 0) is 14.8 Å². The molecule has 1 heterocycles. The van der Waals surface area contributed by atoms with E-state index >= 15 is 0 Å². The first-order chi connectivity index (χ1) is 13.3. The molecule has 0 fully saturated rings. The fraction of sp³-hybridized carbons (Fsp3) is 0.316. The van der Waals surface area contributed by atoms with Crippen molar-refractivity contribution in [3.63, 3.8) is 0 Å². The average Bonchev–Trinajstić information content (AvgIpc) is 2.64. The van der Waals surface area contributed by atoms with Gasteiger partial charge in [-0.1, -0.05) is 24.6 Å². The normalized spacial score (nSPS) is 14.2. The fourth-order valence-electron chi connectivity index (χ4n) is 3.02. The molecule has 1 aliphatic rings. The van der Waals surface area contributed by atoms with E-state index in [0.29, 0.717) is 41.1 Å². The number of carbonyl (C=O) groups excluding carboxylic acids is 1. The molecule has 7 nitrogen and oxygen atoms in total. The van der Waals surface area contributed by atoms with Crippen LogP contribution >= 0.6 is 11.6 Å². The van der Waals surface area contributed by atoms with Crippen LogP contribution in [0.3, 0.4) is 0 Å². The van der Waals surface area contributed by atoms with Crippen molar-refractivity contribution in [3.8, 4) is 11.5 Å². The Morgan fingerprint density at radius 3 is 2.54 bits per heavy atom. The van der Waals surface area contributed by atoms with Crippen molar-refractivity contribution in [1.82, 2.24) is 0 Å². The molecule has 1 atom stereocenters. The Labute approximate surface area is 169 Å². The van der Waals surface area contributed by atoms with Gasteiger partial charge in [0.2, 0.25) is 15.9 Å². The third-order valence-electron chi connectivity index (χ3n) is 4.20. The van der Waals surface area contributed by atoms with Crippen molar-refractivity contribution in [1.29, 1.82) is 0 Å². The Morgan fingerprint density at radius 2 is 1.89 bits per heavy atom. The van der Waals surface area contributed by atoms with Gasteiger partial charge in [0.05, 0.1) is 11.9 Å². The van der Waals surface area contributed by atoms with Crippen molar-refractivity contribution in [3.05, 3.63) is 47.5 Å². The van der Waals surface area contributed by atoms with Crippen molar-refractivity contribution in [2.45, 2.75) is 19.4 Å². The Morgan fingerprint density at radius 1 is 1.18 bits per heavy atom. The molecule has 1 aliphatic heterocycles. The number of hydrogen-bond donors (Lipinski definition) is 1. The number of carbonyl (C=O) groups is 1. The molecule has 0 unspecified atom stereocenters. The van der Waals surface area contributed by atoms with E-state index in [1.165, 1.54) is 6.07 Å². The summed E-state index contributed by atoms with van der Waals surface area (Å²) in [6.45, 7) is 2.65. The number of fused-ring (bicyclic) bond motifs is 1. The molecule has 2 aromatic carbocycles. The lowest BCUT2D eigenvalue weighted by Gasteiger charge is -2.30. The molecule has 0 spiro atoms. The minimum atomic E-state index is -3.73. The highest BCUT2D eigenvalue weighted by Crippen LogP contribution is 2.33. The average molecular weight is 425 g/mol. The molecule has 0 aromatic heterocycles. The van der Waals surface area contributed by atoms with Gasteiger partial charge in [0.25, 0.3) is 0 Å². The number of nitrogens with zero attached hydrogens (tertiary/aromatic N) is 1. The van der Waals surface area contributed by atoms with Gasteiger partial charge >= 0.3 is 0 Å². The van der Waals surface area contributed by atoms with E-state index in [2.05, 4.69) is 5.32 Å². The van der Waals surface area contributed by atoms with Crippen LogP contribution in [0.4, 0.5) is 11.4 Å². The lowest BCUT2D eigenvalue weighted by atomic mass is 10.1. The predicted molar refractivity (Wildman–Crippen MR) is 109 cm³/mol. The maximum Gasteiger partial charge on any atom is 0.248 e. The van der Waals surface area contributed by atoms with Gasteiger partial charge in [-0.3, -0.25) is 9.10 Å². The number of benzene rings is 2. The molecule has 150 valence electrons. The van der Waals surface area contributed by atoms with Gasteiger partial charge in [0.1, 0.15) is 19.3 Å². The van der Waals surface area contributed by atoms with Crippen LogP contribution in [0, 0.1) is 0 Å². The largest absolute Gasteiger partial charge is 0.486 e. The number of hydrogen-bond acceptors (Lipinski definition) is 5. The predicted octanol–water partition coefficient (Wildman–Crippen LogP) is 3.29. The van der Waals surface area contributed by atoms with E-state index in [0.717, 1.165) is 10.6 Å². The van der Waals surface area contributed by atoms with Gasteiger partial charge in [0.15, 0.2) is 11.5 Å². The van der Waals surface area contributed by atoms with Crippen molar-refractivity contribution in [2.24, 2.45) is 0 Å². The lowest BCUT2D eigenvalue weighted by molar-refractivity contribution is -0.117. The van der Waals surface area contributed by atoms with Crippen molar-refractivity contribution < 1.29 is 22.7 Å². The smallest absolute Gasteiger partial charge is 0.248 e. The van der Waals surface area contributed by atoms with E-state index in [-0.39, 0.29) is 6.42 Å². The fourth-order valence-corrected chi connectivity index (χ4v) is 4.41. The lowest BCUT2D eigenvalue weighted by Crippen LogP contribution is -2.47. The van der Waals surface area contributed by atoms with E-state index in [4.69, 9.17) is 21.1 Å². The van der Waals surface area contributed by atoms with Gasteiger partial charge in [-0.25, -0.2) is 8.42 Å². The van der Waals surface area contributed by atoms with Gasteiger partial charge < -0.3 is 14.8 Å². The minimum Gasteiger partial charge on any atom is -0.486 e. The zero-order valence-corrected chi connectivity index (χ0v) is 17.1. The minimum absolute atomic E-state index is 0.274. The molecular formula is C19H21ClN2O5S. The Balaban J connectivity index is 1.88. The first-order valence-corrected chi connectivity index (χ1v) is 11.0. The highest BCUT2D eigenvalue weighted by atomic mass is 35.5. The van der Waals surface area contributed by atoms with Gasteiger partial charge in [-0.05, 0) is 36.8 Å². The number of sulfonamides is 1. The van der Waals surface area contributed by atoms with Gasteiger partial charge in [-0.2, -0.15) is 0 Å². The van der Waals surface area contributed by atoms with Crippen LogP contribution in [0.25, 0.3) is 0 Å². The zero-order valence-electron chi connectivity index (χ0n) is 15.5. The summed E-state index contributed by atoms with van der Waals surface area (Å²) in [6.07, 6.45) is 1.34. The topological polar surface area (TPSA) is 84.9 Å². The summed E-state index contributed by atoms with van der Waals surface area (Å²) < 4.78 is 37.0. The second-order valence-electron chi connectivity index (χ2n) is 6.31. The Kier molecular flexibility index (Phi) is 6.00. The summed E-state index contributed by atoms with van der Waals surface area (Å²) in [5, 5.41) is 3.15. The summed E-state index contributed by atoms with van der Waals surface area (Å²) in [6, 6.07) is 10.5. The van der Waals surface area contributed by atoms with Crippen LogP contribution in [0.5, 0.6) is 11.5 Å².